The molecule has 1 unspecified atom stereocenters. The molecule has 0 bridgehead atoms. The van der Waals surface area contributed by atoms with Crippen molar-refractivity contribution in [2.45, 2.75) is 30.0 Å². The molecule has 2 aromatic rings. The van der Waals surface area contributed by atoms with Gasteiger partial charge in [-0.25, -0.2) is 0 Å². The average molecular weight is 263 g/mol. The van der Waals surface area contributed by atoms with Gasteiger partial charge in [-0.1, -0.05) is 30.3 Å². The van der Waals surface area contributed by atoms with Crippen molar-refractivity contribution in [1.82, 2.24) is 15.5 Å². The highest BCUT2D eigenvalue weighted by Crippen LogP contribution is 2.22. The maximum Gasteiger partial charge on any atom is 0.243 e. The number of thioether (sulfide) groups is 1. The molecule has 0 saturated carbocycles. The van der Waals surface area contributed by atoms with E-state index in [2.05, 4.69) is 34.5 Å². The van der Waals surface area contributed by atoms with Gasteiger partial charge in [0.2, 0.25) is 5.89 Å². The molecule has 0 saturated heterocycles. The highest BCUT2D eigenvalue weighted by atomic mass is 32.2. The largest absolute Gasteiger partial charge is 0.338 e. The molecule has 1 heterocycles. The number of aromatic nitrogens is 2. The Balaban J connectivity index is 1.95. The summed E-state index contributed by atoms with van der Waals surface area (Å²) in [6, 6.07) is 10.4. The number of hydrogen-bond donors (Lipinski definition) is 1. The summed E-state index contributed by atoms with van der Waals surface area (Å²) in [4.78, 5) is 5.62. The Bertz CT molecular complexity index is 468. The molecule has 0 fully saturated rings. The molecule has 0 amide bonds. The van der Waals surface area contributed by atoms with Crippen LogP contribution >= 0.6 is 11.8 Å². The lowest BCUT2D eigenvalue weighted by Crippen LogP contribution is -2.15. The van der Waals surface area contributed by atoms with Gasteiger partial charge in [-0.05, 0) is 25.6 Å². The second-order valence-electron chi connectivity index (χ2n) is 3.90. The molecule has 96 valence electrons. The molecule has 1 aromatic carbocycles. The predicted molar refractivity (Wildman–Crippen MR) is 72.4 cm³/mol. The van der Waals surface area contributed by atoms with Gasteiger partial charge in [0.05, 0.1) is 11.8 Å². The fraction of sp³-hybridized carbons (Fsp3) is 0.385. The minimum atomic E-state index is 0.146. The Hall–Kier alpha value is -1.33. The molecule has 0 aliphatic rings. The Morgan fingerprint density at radius 3 is 2.78 bits per heavy atom. The first kappa shape index (κ1) is 13.1. The van der Waals surface area contributed by atoms with Crippen LogP contribution in [0, 0.1) is 0 Å². The Morgan fingerprint density at radius 2 is 2.11 bits per heavy atom. The molecular formula is C13H17N3OS. The van der Waals surface area contributed by atoms with Crippen LogP contribution in [0.5, 0.6) is 0 Å². The Morgan fingerprint density at radius 1 is 1.33 bits per heavy atom. The normalized spacial score (nSPS) is 12.6. The monoisotopic (exact) mass is 263 g/mol. The van der Waals surface area contributed by atoms with Crippen molar-refractivity contribution in [3.05, 3.63) is 42.0 Å². The van der Waals surface area contributed by atoms with Crippen molar-refractivity contribution in [2.75, 3.05) is 7.05 Å². The van der Waals surface area contributed by atoms with Gasteiger partial charge < -0.3 is 9.84 Å². The maximum atomic E-state index is 5.26. The highest BCUT2D eigenvalue weighted by Gasteiger charge is 2.14. The molecule has 5 heteroatoms. The van der Waals surface area contributed by atoms with Gasteiger partial charge in [0.25, 0.3) is 0 Å². The Labute approximate surface area is 111 Å². The molecular weight excluding hydrogens is 246 g/mol. The molecule has 18 heavy (non-hydrogen) atoms. The van der Waals surface area contributed by atoms with Crippen LogP contribution in [0.1, 0.15) is 31.1 Å². The van der Waals surface area contributed by atoms with Crippen molar-refractivity contribution in [3.63, 3.8) is 0 Å². The molecule has 0 spiro atoms. The van der Waals surface area contributed by atoms with E-state index in [1.807, 2.05) is 25.2 Å². The van der Waals surface area contributed by atoms with E-state index in [0.717, 1.165) is 18.0 Å². The smallest absolute Gasteiger partial charge is 0.243 e. The van der Waals surface area contributed by atoms with Gasteiger partial charge in [-0.3, -0.25) is 0 Å². The number of benzene rings is 1. The van der Waals surface area contributed by atoms with Crippen LogP contribution in [0.2, 0.25) is 0 Å². The van der Waals surface area contributed by atoms with Gasteiger partial charge in [-0.15, -0.1) is 11.8 Å². The predicted octanol–water partition coefficient (Wildman–Crippen LogP) is 3.03. The minimum Gasteiger partial charge on any atom is -0.338 e. The summed E-state index contributed by atoms with van der Waals surface area (Å²) in [5.74, 6) is 2.14. The first-order valence-corrected chi connectivity index (χ1v) is 6.99. The van der Waals surface area contributed by atoms with E-state index in [-0.39, 0.29) is 6.04 Å². The first-order chi connectivity index (χ1) is 8.83. The quantitative estimate of drug-likeness (QED) is 0.812. The molecule has 1 atom stereocenters. The van der Waals surface area contributed by atoms with Crippen LogP contribution in [0.15, 0.2) is 39.8 Å². The van der Waals surface area contributed by atoms with Crippen molar-refractivity contribution in [2.24, 2.45) is 0 Å². The van der Waals surface area contributed by atoms with Gasteiger partial charge >= 0.3 is 0 Å². The van der Waals surface area contributed by atoms with Crippen molar-refractivity contribution < 1.29 is 4.52 Å². The van der Waals surface area contributed by atoms with Crippen LogP contribution in [0.3, 0.4) is 0 Å². The molecule has 0 radical (unpaired) electrons. The fourth-order valence-electron chi connectivity index (χ4n) is 1.63. The minimum absolute atomic E-state index is 0.146. The number of nitrogens with one attached hydrogen (secondary N) is 1. The Kier molecular flexibility index (Phi) is 4.78. The topological polar surface area (TPSA) is 51.0 Å². The third-order valence-electron chi connectivity index (χ3n) is 2.65. The number of nitrogens with zero attached hydrogens (tertiary/aromatic N) is 2. The van der Waals surface area contributed by atoms with Gasteiger partial charge in [-0.2, -0.15) is 4.98 Å². The van der Waals surface area contributed by atoms with Crippen molar-refractivity contribution >= 4 is 11.8 Å². The first-order valence-electron chi connectivity index (χ1n) is 6.01. The summed E-state index contributed by atoms with van der Waals surface area (Å²) < 4.78 is 5.26. The SMILES string of the molecule is CCC(NC)c1nc(CSc2ccccc2)no1. The van der Waals surface area contributed by atoms with Crippen LogP contribution in [0.4, 0.5) is 0 Å². The van der Waals surface area contributed by atoms with E-state index >= 15 is 0 Å². The lowest BCUT2D eigenvalue weighted by Gasteiger charge is -2.06. The standard InChI is InChI=1S/C13H17N3OS/c1-3-11(14-2)13-15-12(16-17-13)9-18-10-7-5-4-6-8-10/h4-8,11,14H,3,9H2,1-2H3. The summed E-state index contributed by atoms with van der Waals surface area (Å²) in [5, 5.41) is 7.15. The zero-order chi connectivity index (χ0) is 12.8. The van der Waals surface area contributed by atoms with Gasteiger partial charge in [0.1, 0.15) is 0 Å². The lowest BCUT2D eigenvalue weighted by molar-refractivity contribution is 0.332. The molecule has 1 N–H and O–H groups in total. The third kappa shape index (κ3) is 3.34. The summed E-state index contributed by atoms with van der Waals surface area (Å²) in [6.07, 6.45) is 0.934. The lowest BCUT2D eigenvalue weighted by atomic mass is 10.2. The molecule has 0 aliphatic carbocycles. The van der Waals surface area contributed by atoms with Gasteiger partial charge in [0.15, 0.2) is 5.82 Å². The highest BCUT2D eigenvalue weighted by molar-refractivity contribution is 7.98. The maximum absolute atomic E-state index is 5.26. The van der Waals surface area contributed by atoms with E-state index in [0.29, 0.717) is 5.89 Å². The van der Waals surface area contributed by atoms with Crippen LogP contribution in [-0.4, -0.2) is 17.2 Å². The summed E-state index contributed by atoms with van der Waals surface area (Å²) in [7, 11) is 1.90. The second kappa shape index (κ2) is 6.56. The zero-order valence-electron chi connectivity index (χ0n) is 10.6. The summed E-state index contributed by atoms with van der Waals surface area (Å²) >= 11 is 1.71. The van der Waals surface area contributed by atoms with Crippen LogP contribution in [-0.2, 0) is 5.75 Å². The van der Waals surface area contributed by atoms with E-state index in [1.165, 1.54) is 4.90 Å². The van der Waals surface area contributed by atoms with E-state index in [1.54, 1.807) is 11.8 Å². The average Bonchev–Trinajstić information content (AvgIpc) is 2.88. The molecule has 4 nitrogen and oxygen atoms in total. The van der Waals surface area contributed by atoms with E-state index in [9.17, 15) is 0 Å². The summed E-state index contributed by atoms with van der Waals surface area (Å²) in [5.41, 5.74) is 0. The van der Waals surface area contributed by atoms with Gasteiger partial charge in [0, 0.05) is 4.90 Å². The van der Waals surface area contributed by atoms with Crippen molar-refractivity contribution in [3.8, 4) is 0 Å². The van der Waals surface area contributed by atoms with E-state index < -0.39 is 0 Å². The van der Waals surface area contributed by atoms with Crippen LogP contribution in [0.25, 0.3) is 0 Å². The zero-order valence-corrected chi connectivity index (χ0v) is 11.4. The van der Waals surface area contributed by atoms with E-state index in [4.69, 9.17) is 4.52 Å². The number of hydrogen-bond acceptors (Lipinski definition) is 5. The molecule has 0 aliphatic heterocycles. The third-order valence-corrected chi connectivity index (χ3v) is 3.66. The number of rotatable bonds is 6. The molecule has 1 aromatic heterocycles. The van der Waals surface area contributed by atoms with Crippen molar-refractivity contribution in [1.29, 1.82) is 0 Å². The fourth-order valence-corrected chi connectivity index (χ4v) is 2.40. The summed E-state index contributed by atoms with van der Waals surface area (Å²) in [6.45, 7) is 2.09. The molecule has 2 rings (SSSR count). The van der Waals surface area contributed by atoms with Crippen LogP contribution < -0.4 is 5.32 Å². The second-order valence-corrected chi connectivity index (χ2v) is 4.95.